The summed E-state index contributed by atoms with van der Waals surface area (Å²) < 4.78 is 16.7. The van der Waals surface area contributed by atoms with Gasteiger partial charge in [0.1, 0.15) is 13.2 Å². The van der Waals surface area contributed by atoms with Gasteiger partial charge in [-0.3, -0.25) is 14.4 Å². The number of unbranched alkanes of at least 4 members (excludes halogenated alkanes) is 25. The molecule has 0 saturated heterocycles. The van der Waals surface area contributed by atoms with Crippen molar-refractivity contribution in [1.82, 2.24) is 0 Å². The Bertz CT molecular complexity index is 996. The van der Waals surface area contributed by atoms with Crippen molar-refractivity contribution in [2.45, 2.75) is 239 Å². The van der Waals surface area contributed by atoms with E-state index in [9.17, 15) is 14.4 Å². The molecule has 0 aromatic rings. The average molecular weight is 785 g/mol. The second kappa shape index (κ2) is 45.1. The van der Waals surface area contributed by atoms with Gasteiger partial charge in [-0.1, -0.05) is 198 Å². The third-order valence-electron chi connectivity index (χ3n) is 10.1. The maximum atomic E-state index is 12.7. The summed E-state index contributed by atoms with van der Waals surface area (Å²) in [5, 5.41) is 0. The molecular weight excluding hydrogens is 697 g/mol. The van der Waals surface area contributed by atoms with Crippen molar-refractivity contribution in [3.8, 4) is 0 Å². The maximum Gasteiger partial charge on any atom is 0.306 e. The molecule has 0 aliphatic heterocycles. The fourth-order valence-electron chi connectivity index (χ4n) is 6.55. The molecule has 0 rings (SSSR count). The van der Waals surface area contributed by atoms with E-state index in [4.69, 9.17) is 14.2 Å². The Morgan fingerprint density at radius 3 is 1.14 bits per heavy atom. The molecule has 0 aromatic heterocycles. The summed E-state index contributed by atoms with van der Waals surface area (Å²) in [5.74, 6) is -0.920. The standard InChI is InChI=1S/C50H88O6/c1-4-7-10-13-16-19-22-25-28-31-34-37-40-43-49(52)55-46-47(45-54-48(51)42-39-36-33-30-27-24-21-18-15-12-9-6-3)56-50(53)44-41-38-35-32-29-26-23-20-17-14-11-8-5-2/h7,10,13,16,19,22,26,29,47H,4-6,8-9,11-12,14-15,17-18,20-21,23-25,27-28,30-46H2,1-3H3/b10-7-,16-13-,22-19-,29-26-. The quantitative estimate of drug-likeness (QED) is 0.0202. The Balaban J connectivity index is 4.42. The van der Waals surface area contributed by atoms with E-state index < -0.39 is 6.10 Å². The lowest BCUT2D eigenvalue weighted by Crippen LogP contribution is -2.30. The molecule has 56 heavy (non-hydrogen) atoms. The minimum absolute atomic E-state index is 0.0841. The fraction of sp³-hybridized carbons (Fsp3) is 0.780. The topological polar surface area (TPSA) is 78.9 Å². The third kappa shape index (κ3) is 42.5. The molecule has 0 N–H and O–H groups in total. The molecular formula is C50H88O6. The first-order valence-electron chi connectivity index (χ1n) is 23.7. The van der Waals surface area contributed by atoms with Crippen molar-refractivity contribution in [3.63, 3.8) is 0 Å². The van der Waals surface area contributed by atoms with E-state index >= 15 is 0 Å². The molecule has 0 aliphatic carbocycles. The number of hydrogen-bond acceptors (Lipinski definition) is 6. The van der Waals surface area contributed by atoms with Crippen LogP contribution in [0.4, 0.5) is 0 Å². The van der Waals surface area contributed by atoms with Crippen LogP contribution < -0.4 is 0 Å². The van der Waals surface area contributed by atoms with Crippen molar-refractivity contribution in [3.05, 3.63) is 48.6 Å². The Labute approximate surface area is 346 Å². The lowest BCUT2D eigenvalue weighted by molar-refractivity contribution is -0.167. The van der Waals surface area contributed by atoms with Gasteiger partial charge in [0.2, 0.25) is 0 Å². The largest absolute Gasteiger partial charge is 0.462 e. The van der Waals surface area contributed by atoms with Crippen molar-refractivity contribution in [2.24, 2.45) is 0 Å². The van der Waals surface area contributed by atoms with Crippen molar-refractivity contribution < 1.29 is 28.6 Å². The zero-order valence-corrected chi connectivity index (χ0v) is 36.9. The van der Waals surface area contributed by atoms with Crippen LogP contribution in [0.15, 0.2) is 48.6 Å². The van der Waals surface area contributed by atoms with Crippen LogP contribution in [0.1, 0.15) is 233 Å². The summed E-state index contributed by atoms with van der Waals surface area (Å²) >= 11 is 0. The molecule has 0 fully saturated rings. The zero-order chi connectivity index (χ0) is 40.8. The van der Waals surface area contributed by atoms with Crippen molar-refractivity contribution in [1.29, 1.82) is 0 Å². The highest BCUT2D eigenvalue weighted by Gasteiger charge is 2.19. The highest BCUT2D eigenvalue weighted by atomic mass is 16.6. The monoisotopic (exact) mass is 785 g/mol. The van der Waals surface area contributed by atoms with Crippen LogP contribution in [0.5, 0.6) is 0 Å². The van der Waals surface area contributed by atoms with Gasteiger partial charge in [0, 0.05) is 19.3 Å². The van der Waals surface area contributed by atoms with Crippen LogP contribution >= 0.6 is 0 Å². The van der Waals surface area contributed by atoms with Crippen LogP contribution in [0.25, 0.3) is 0 Å². The Morgan fingerprint density at radius 2 is 0.714 bits per heavy atom. The fourth-order valence-corrected chi connectivity index (χ4v) is 6.55. The van der Waals surface area contributed by atoms with Gasteiger partial charge in [-0.25, -0.2) is 0 Å². The van der Waals surface area contributed by atoms with Crippen LogP contribution in [-0.2, 0) is 28.6 Å². The molecule has 6 nitrogen and oxygen atoms in total. The molecule has 6 heteroatoms. The van der Waals surface area contributed by atoms with Gasteiger partial charge in [-0.15, -0.1) is 0 Å². The highest BCUT2D eigenvalue weighted by Crippen LogP contribution is 2.14. The second-order valence-electron chi connectivity index (χ2n) is 15.7. The molecule has 0 aliphatic rings. The first kappa shape index (κ1) is 53.4. The number of hydrogen-bond donors (Lipinski definition) is 0. The molecule has 0 aromatic carbocycles. The van der Waals surface area contributed by atoms with Crippen molar-refractivity contribution in [2.75, 3.05) is 13.2 Å². The summed E-state index contributed by atoms with van der Waals surface area (Å²) in [7, 11) is 0. The number of ether oxygens (including phenoxy) is 3. The van der Waals surface area contributed by atoms with Gasteiger partial charge < -0.3 is 14.2 Å². The molecule has 1 atom stereocenters. The van der Waals surface area contributed by atoms with Gasteiger partial charge in [-0.2, -0.15) is 0 Å². The van der Waals surface area contributed by atoms with Gasteiger partial charge in [-0.05, 0) is 64.2 Å². The highest BCUT2D eigenvalue weighted by molar-refractivity contribution is 5.71. The zero-order valence-electron chi connectivity index (χ0n) is 36.9. The SMILES string of the molecule is CC\C=C/C=C\C=C/CCCCCCCC(=O)OCC(COC(=O)CCCCCCCCCCCCCC)OC(=O)CCCCC/C=C\CCCCCCCC. The summed E-state index contributed by atoms with van der Waals surface area (Å²) in [6.45, 7) is 6.46. The molecule has 0 heterocycles. The molecule has 0 amide bonds. The minimum atomic E-state index is -0.784. The Kier molecular flexibility index (Phi) is 43.0. The van der Waals surface area contributed by atoms with Crippen LogP contribution in [0.3, 0.4) is 0 Å². The summed E-state index contributed by atoms with van der Waals surface area (Å²) in [4.78, 5) is 37.8. The van der Waals surface area contributed by atoms with E-state index in [0.717, 1.165) is 96.3 Å². The molecule has 0 radical (unpaired) electrons. The average Bonchev–Trinajstić information content (AvgIpc) is 3.19. The summed E-state index contributed by atoms with van der Waals surface area (Å²) in [6.07, 6.45) is 52.3. The smallest absolute Gasteiger partial charge is 0.306 e. The van der Waals surface area contributed by atoms with Gasteiger partial charge in [0.25, 0.3) is 0 Å². The molecule has 324 valence electrons. The van der Waals surface area contributed by atoms with Gasteiger partial charge in [0.15, 0.2) is 6.10 Å². The molecule has 0 bridgehead atoms. The Hall–Kier alpha value is -2.63. The minimum Gasteiger partial charge on any atom is -0.462 e. The normalized spacial score (nSPS) is 12.4. The van der Waals surface area contributed by atoms with E-state index in [1.807, 2.05) is 0 Å². The third-order valence-corrected chi connectivity index (χ3v) is 10.1. The summed E-state index contributed by atoms with van der Waals surface area (Å²) in [5.41, 5.74) is 0. The second-order valence-corrected chi connectivity index (χ2v) is 15.7. The lowest BCUT2D eigenvalue weighted by atomic mass is 10.0. The van der Waals surface area contributed by atoms with E-state index in [0.29, 0.717) is 19.3 Å². The van der Waals surface area contributed by atoms with E-state index in [2.05, 4.69) is 69.4 Å². The van der Waals surface area contributed by atoms with Crippen LogP contribution in [-0.4, -0.2) is 37.2 Å². The Morgan fingerprint density at radius 1 is 0.375 bits per heavy atom. The molecule has 1 unspecified atom stereocenters. The van der Waals surface area contributed by atoms with Crippen molar-refractivity contribution >= 4 is 17.9 Å². The number of allylic oxidation sites excluding steroid dienone is 8. The van der Waals surface area contributed by atoms with Crippen LogP contribution in [0, 0.1) is 0 Å². The first-order valence-corrected chi connectivity index (χ1v) is 23.7. The molecule has 0 spiro atoms. The molecule has 0 saturated carbocycles. The van der Waals surface area contributed by atoms with E-state index in [-0.39, 0.29) is 31.1 Å². The van der Waals surface area contributed by atoms with E-state index in [1.54, 1.807) is 0 Å². The predicted molar refractivity (Wildman–Crippen MR) is 238 cm³/mol. The maximum absolute atomic E-state index is 12.7. The van der Waals surface area contributed by atoms with Gasteiger partial charge >= 0.3 is 17.9 Å². The summed E-state index contributed by atoms with van der Waals surface area (Å²) in [6, 6.07) is 0. The lowest BCUT2D eigenvalue weighted by Gasteiger charge is -2.18. The van der Waals surface area contributed by atoms with Gasteiger partial charge in [0.05, 0.1) is 0 Å². The number of esters is 3. The first-order chi connectivity index (χ1) is 27.5. The number of carbonyl (C=O) groups is 3. The van der Waals surface area contributed by atoms with Crippen LogP contribution in [0.2, 0.25) is 0 Å². The number of carbonyl (C=O) groups excluding carboxylic acids is 3. The van der Waals surface area contributed by atoms with E-state index in [1.165, 1.54) is 96.3 Å². The number of rotatable bonds is 42. The predicted octanol–water partition coefficient (Wildman–Crippen LogP) is 15.1.